The van der Waals surface area contributed by atoms with Gasteiger partial charge in [0.1, 0.15) is 0 Å². The van der Waals surface area contributed by atoms with Crippen LogP contribution in [-0.4, -0.2) is 56.5 Å². The second kappa shape index (κ2) is 11.9. The van der Waals surface area contributed by atoms with Gasteiger partial charge in [0.15, 0.2) is 34.6 Å². The molecule has 1 amide bonds. The molecule has 0 aromatic heterocycles. The summed E-state index contributed by atoms with van der Waals surface area (Å²) >= 11 is 0. The highest BCUT2D eigenvalue weighted by molar-refractivity contribution is 6.00. The van der Waals surface area contributed by atoms with Gasteiger partial charge in [0, 0.05) is 18.9 Å². The Morgan fingerprint density at radius 1 is 0.848 bits per heavy atom. The topological polar surface area (TPSA) is 156 Å². The molecule has 0 fully saturated rings. The van der Waals surface area contributed by atoms with E-state index in [2.05, 4.69) is 10.6 Å². The molecule has 0 aliphatic carbocycles. The van der Waals surface area contributed by atoms with Crippen molar-refractivity contribution in [2.24, 2.45) is 0 Å². The largest absolute Gasteiger partial charge is 0.504 e. The van der Waals surface area contributed by atoms with Gasteiger partial charge in [-0.25, -0.2) is 0 Å². The Morgan fingerprint density at radius 2 is 1.42 bits per heavy atom. The van der Waals surface area contributed by atoms with Gasteiger partial charge in [-0.3, -0.25) is 14.4 Å². The fourth-order valence-electron chi connectivity index (χ4n) is 3.24. The van der Waals surface area contributed by atoms with E-state index in [0.29, 0.717) is 19.4 Å². The summed E-state index contributed by atoms with van der Waals surface area (Å²) in [6.07, 6.45) is 1.46. The van der Waals surface area contributed by atoms with Crippen LogP contribution in [0.5, 0.6) is 23.0 Å². The second-order valence-corrected chi connectivity index (χ2v) is 7.93. The van der Waals surface area contributed by atoms with E-state index in [-0.39, 0.29) is 47.3 Å². The average Bonchev–Trinajstić information content (AvgIpc) is 2.78. The molecule has 0 saturated heterocycles. The van der Waals surface area contributed by atoms with Crippen LogP contribution in [0.15, 0.2) is 36.4 Å². The van der Waals surface area contributed by atoms with Gasteiger partial charge in [-0.1, -0.05) is 12.1 Å². The molecule has 2 rings (SSSR count). The SMILES string of the molecule is CC(CCC(=O)c1cccc(O)c1O)NCCCC(=O)C(C)NC(=O)c1cccc(O)c1O. The highest BCUT2D eigenvalue weighted by atomic mass is 16.3. The molecular weight excluding hydrogens is 428 g/mol. The zero-order valence-electron chi connectivity index (χ0n) is 18.7. The molecule has 2 aromatic carbocycles. The summed E-state index contributed by atoms with van der Waals surface area (Å²) in [5.74, 6) is -2.80. The maximum Gasteiger partial charge on any atom is 0.255 e. The van der Waals surface area contributed by atoms with Crippen molar-refractivity contribution in [2.75, 3.05) is 6.54 Å². The van der Waals surface area contributed by atoms with Gasteiger partial charge in [-0.15, -0.1) is 0 Å². The van der Waals surface area contributed by atoms with E-state index >= 15 is 0 Å². The normalized spacial score (nSPS) is 12.7. The minimum atomic E-state index is -0.760. The number of amides is 1. The smallest absolute Gasteiger partial charge is 0.255 e. The molecule has 2 unspecified atom stereocenters. The van der Waals surface area contributed by atoms with E-state index in [0.717, 1.165) is 0 Å². The molecule has 0 spiro atoms. The minimum absolute atomic E-state index is 0.00522. The van der Waals surface area contributed by atoms with Crippen molar-refractivity contribution >= 4 is 17.5 Å². The molecule has 9 nitrogen and oxygen atoms in total. The molecule has 9 heteroatoms. The summed E-state index contributed by atoms with van der Waals surface area (Å²) in [5.41, 5.74) is -0.0263. The lowest BCUT2D eigenvalue weighted by Gasteiger charge is -2.15. The van der Waals surface area contributed by atoms with Crippen LogP contribution in [0.3, 0.4) is 0 Å². The minimum Gasteiger partial charge on any atom is -0.504 e. The lowest BCUT2D eigenvalue weighted by atomic mass is 10.0. The zero-order chi connectivity index (χ0) is 24.5. The third-order valence-corrected chi connectivity index (χ3v) is 5.30. The van der Waals surface area contributed by atoms with Crippen LogP contribution >= 0.6 is 0 Å². The quantitative estimate of drug-likeness (QED) is 0.161. The predicted octanol–water partition coefficient (Wildman–Crippen LogP) is 2.62. The number of phenolic OH excluding ortho intramolecular Hbond substituents is 4. The van der Waals surface area contributed by atoms with E-state index in [1.807, 2.05) is 6.92 Å². The summed E-state index contributed by atoms with van der Waals surface area (Å²) in [5, 5.41) is 44.3. The number of ketones is 2. The number of carbonyl (C=O) groups is 3. The van der Waals surface area contributed by atoms with Crippen LogP contribution < -0.4 is 10.6 Å². The maximum atomic E-state index is 12.3. The zero-order valence-corrected chi connectivity index (χ0v) is 18.7. The highest BCUT2D eigenvalue weighted by Crippen LogP contribution is 2.29. The van der Waals surface area contributed by atoms with Crippen molar-refractivity contribution in [2.45, 2.75) is 51.6 Å². The molecule has 0 heterocycles. The first-order valence-corrected chi connectivity index (χ1v) is 10.7. The van der Waals surface area contributed by atoms with E-state index in [9.17, 15) is 34.8 Å². The first kappa shape index (κ1) is 25.7. The maximum absolute atomic E-state index is 12.3. The number of rotatable bonds is 12. The van der Waals surface area contributed by atoms with Gasteiger partial charge in [-0.05, 0) is 57.5 Å². The number of para-hydroxylation sites is 2. The summed E-state index contributed by atoms with van der Waals surface area (Å²) in [6.45, 7) is 3.99. The fraction of sp³-hybridized carbons (Fsp3) is 0.375. The second-order valence-electron chi connectivity index (χ2n) is 7.93. The number of hydrogen-bond donors (Lipinski definition) is 6. The third-order valence-electron chi connectivity index (χ3n) is 5.30. The van der Waals surface area contributed by atoms with Gasteiger partial charge in [0.2, 0.25) is 0 Å². The first-order chi connectivity index (χ1) is 15.6. The number of carbonyl (C=O) groups excluding carboxylic acids is 3. The molecule has 0 saturated carbocycles. The molecule has 2 atom stereocenters. The van der Waals surface area contributed by atoms with Crippen LogP contribution in [0.2, 0.25) is 0 Å². The van der Waals surface area contributed by atoms with Crippen molar-refractivity contribution in [1.29, 1.82) is 0 Å². The summed E-state index contributed by atoms with van der Waals surface area (Å²) in [4.78, 5) is 36.8. The van der Waals surface area contributed by atoms with Crippen LogP contribution in [0.25, 0.3) is 0 Å². The first-order valence-electron chi connectivity index (χ1n) is 10.7. The molecule has 178 valence electrons. The van der Waals surface area contributed by atoms with Crippen LogP contribution in [0, 0.1) is 0 Å². The van der Waals surface area contributed by atoms with Gasteiger partial charge >= 0.3 is 0 Å². The summed E-state index contributed by atoms with van der Waals surface area (Å²) in [7, 11) is 0. The standard InChI is InChI=1S/C24H30N2O7/c1-14(11-12-19(28)16-6-3-8-20(29)22(16)31)25-13-5-10-18(27)15(2)26-24(33)17-7-4-9-21(30)23(17)32/h3-4,6-9,14-15,25,29-32H,5,10-13H2,1-2H3,(H,26,33). The van der Waals surface area contributed by atoms with Crippen molar-refractivity contribution in [1.82, 2.24) is 10.6 Å². The van der Waals surface area contributed by atoms with E-state index in [1.54, 1.807) is 6.92 Å². The van der Waals surface area contributed by atoms with Crippen molar-refractivity contribution in [3.05, 3.63) is 47.5 Å². The van der Waals surface area contributed by atoms with Gasteiger partial charge in [-0.2, -0.15) is 0 Å². The third kappa shape index (κ3) is 7.21. The summed E-state index contributed by atoms with van der Waals surface area (Å²) in [6, 6.07) is 7.52. The molecule has 0 bridgehead atoms. The Balaban J connectivity index is 1.69. The van der Waals surface area contributed by atoms with Gasteiger partial charge < -0.3 is 31.1 Å². The molecule has 0 radical (unpaired) electrons. The van der Waals surface area contributed by atoms with E-state index in [1.165, 1.54) is 36.4 Å². The van der Waals surface area contributed by atoms with Gasteiger partial charge in [0.25, 0.3) is 5.91 Å². The molecule has 0 aliphatic heterocycles. The van der Waals surface area contributed by atoms with Crippen molar-refractivity contribution in [3.63, 3.8) is 0 Å². The molecule has 33 heavy (non-hydrogen) atoms. The number of benzene rings is 2. The van der Waals surface area contributed by atoms with E-state index < -0.39 is 29.2 Å². The monoisotopic (exact) mass is 458 g/mol. The predicted molar refractivity (Wildman–Crippen MR) is 122 cm³/mol. The summed E-state index contributed by atoms with van der Waals surface area (Å²) < 4.78 is 0. The Bertz CT molecular complexity index is 1010. The van der Waals surface area contributed by atoms with Crippen molar-refractivity contribution in [3.8, 4) is 23.0 Å². The molecular formula is C24H30N2O7. The highest BCUT2D eigenvalue weighted by Gasteiger charge is 2.20. The Labute approximate surface area is 192 Å². The lowest BCUT2D eigenvalue weighted by molar-refractivity contribution is -0.120. The van der Waals surface area contributed by atoms with Crippen LogP contribution in [0.4, 0.5) is 0 Å². The molecule has 0 aliphatic rings. The Kier molecular flexibility index (Phi) is 9.23. The Morgan fingerprint density at radius 3 is 2.06 bits per heavy atom. The molecule has 2 aromatic rings. The van der Waals surface area contributed by atoms with Crippen LogP contribution in [0.1, 0.15) is 60.2 Å². The Hall–Kier alpha value is -3.59. The lowest BCUT2D eigenvalue weighted by Crippen LogP contribution is -2.38. The number of phenols is 4. The van der Waals surface area contributed by atoms with Crippen molar-refractivity contribution < 1.29 is 34.8 Å². The van der Waals surface area contributed by atoms with Crippen LogP contribution in [-0.2, 0) is 4.79 Å². The fourth-order valence-corrected chi connectivity index (χ4v) is 3.24. The molecule has 6 N–H and O–H groups in total. The number of hydrogen-bond acceptors (Lipinski definition) is 8. The number of Topliss-reactive ketones (excluding diaryl/α,β-unsaturated/α-hetero) is 2. The average molecular weight is 459 g/mol. The van der Waals surface area contributed by atoms with E-state index in [4.69, 9.17) is 0 Å². The number of nitrogens with one attached hydrogen (secondary N) is 2. The number of aromatic hydroxyl groups is 4. The van der Waals surface area contributed by atoms with Gasteiger partial charge in [0.05, 0.1) is 17.2 Å².